The number of hydrogen-bond donors (Lipinski definition) is 5. The molecule has 0 bridgehead atoms. The maximum atomic E-state index is 12.1. The summed E-state index contributed by atoms with van der Waals surface area (Å²) in [5.41, 5.74) is 17.2. The predicted octanol–water partition coefficient (Wildman–Crippen LogP) is -1.90. The van der Waals surface area contributed by atoms with Crippen molar-refractivity contribution in [1.82, 2.24) is 19.5 Å². The maximum absolute atomic E-state index is 12.1. The molecule has 8 N–H and O–H groups in total. The number of aliphatic hydroxyl groups excluding tert-OH is 2. The molecule has 1 aliphatic rings. The molecule has 0 saturated carbocycles. The van der Waals surface area contributed by atoms with Gasteiger partial charge in [-0.2, -0.15) is 0 Å². The molecule has 1 unspecified atom stereocenters. The first kappa shape index (κ1) is 22.0. The second kappa shape index (κ2) is 9.38. The van der Waals surface area contributed by atoms with E-state index in [1.165, 1.54) is 17.2 Å². The quantitative estimate of drug-likeness (QED) is 0.205. The Morgan fingerprint density at radius 1 is 1.17 bits per heavy atom. The van der Waals surface area contributed by atoms with Crippen molar-refractivity contribution in [2.45, 2.75) is 24.5 Å². The van der Waals surface area contributed by atoms with Gasteiger partial charge in [0.1, 0.15) is 30.2 Å². The molecule has 0 aliphatic carbocycles. The molecule has 14 nitrogen and oxygen atoms in total. The molecular weight excluding hydrogens is 409 g/mol. The zero-order chi connectivity index (χ0) is 21.0. The number of rotatable bonds is 10. The summed E-state index contributed by atoms with van der Waals surface area (Å²) in [6, 6.07) is 0. The van der Waals surface area contributed by atoms with Gasteiger partial charge in [-0.3, -0.25) is 13.6 Å². The molecule has 3 heterocycles. The molecule has 1 saturated heterocycles. The minimum atomic E-state index is -3.91. The van der Waals surface area contributed by atoms with E-state index in [-0.39, 0.29) is 25.6 Å². The highest BCUT2D eigenvalue weighted by Crippen LogP contribution is 2.41. The number of anilines is 1. The fraction of sp³-hybridized carbons (Fsp3) is 0.643. The molecule has 0 aromatic carbocycles. The lowest BCUT2D eigenvalue weighted by Gasteiger charge is -2.18. The lowest BCUT2D eigenvalue weighted by molar-refractivity contribution is -0.0493. The van der Waals surface area contributed by atoms with Gasteiger partial charge < -0.3 is 31.2 Å². The highest BCUT2D eigenvalue weighted by molar-refractivity contribution is 7.51. The van der Waals surface area contributed by atoms with Gasteiger partial charge in [-0.15, -0.1) is 0 Å². The van der Waals surface area contributed by atoms with E-state index in [9.17, 15) is 14.8 Å². The Balaban J connectivity index is 1.59. The number of hydrogen-bond acceptors (Lipinski definition) is 12. The van der Waals surface area contributed by atoms with Crippen molar-refractivity contribution in [2.24, 2.45) is 11.2 Å². The van der Waals surface area contributed by atoms with Gasteiger partial charge in [0.15, 0.2) is 17.7 Å². The van der Waals surface area contributed by atoms with Crippen LogP contribution in [0, 0.1) is 0 Å². The summed E-state index contributed by atoms with van der Waals surface area (Å²) in [5, 5.41) is 20.6. The summed E-state index contributed by atoms with van der Waals surface area (Å²) in [6.45, 7) is 0.386. The van der Waals surface area contributed by atoms with Crippen molar-refractivity contribution < 1.29 is 33.3 Å². The van der Waals surface area contributed by atoms with Crippen molar-refractivity contribution in [3.63, 3.8) is 0 Å². The van der Waals surface area contributed by atoms with Crippen LogP contribution < -0.4 is 17.0 Å². The summed E-state index contributed by atoms with van der Waals surface area (Å²) < 4.78 is 34.3. The summed E-state index contributed by atoms with van der Waals surface area (Å²) in [6.07, 6.45) is -2.13. The SMILES string of the molecule is NCCOCCOP(N)(=O)OC[C@H]1O[C@@H](n2cnc3c(N)ncnc32)[C@H](O)[C@@H]1O. The first-order chi connectivity index (χ1) is 13.8. The van der Waals surface area contributed by atoms with E-state index in [1.807, 2.05) is 0 Å². The van der Waals surface area contributed by atoms with Crippen LogP contribution in [0.15, 0.2) is 12.7 Å². The van der Waals surface area contributed by atoms with Gasteiger partial charge in [-0.05, 0) is 0 Å². The molecule has 0 radical (unpaired) electrons. The lowest BCUT2D eigenvalue weighted by Crippen LogP contribution is -2.34. The number of fused-ring (bicyclic) bond motifs is 1. The van der Waals surface area contributed by atoms with E-state index in [2.05, 4.69) is 15.0 Å². The number of ether oxygens (including phenoxy) is 2. The zero-order valence-electron chi connectivity index (χ0n) is 15.4. The maximum Gasteiger partial charge on any atom is 0.403 e. The van der Waals surface area contributed by atoms with E-state index in [0.29, 0.717) is 24.3 Å². The molecule has 0 spiro atoms. The molecular formula is C14H24N7O7P. The standard InChI is InChI=1S/C14H24N7O7P/c15-1-2-25-3-4-26-29(17,24)27-5-8-10(22)11(23)14(28-8)21-7-20-9-12(16)18-6-19-13(9)21/h6-8,10-11,14,22-23H,1-5,15H2,(H2,17,24)(H2,16,18,19)/t8-,10-,11-,14-,29?/m1/s1. The van der Waals surface area contributed by atoms with Crippen molar-refractivity contribution in [3.05, 3.63) is 12.7 Å². The van der Waals surface area contributed by atoms with Gasteiger partial charge in [0.25, 0.3) is 0 Å². The van der Waals surface area contributed by atoms with Crippen molar-refractivity contribution >= 4 is 24.7 Å². The average molecular weight is 433 g/mol. The number of aromatic nitrogens is 4. The molecule has 1 aliphatic heterocycles. The topological polar surface area (TPSA) is 216 Å². The predicted molar refractivity (Wildman–Crippen MR) is 99.2 cm³/mol. The van der Waals surface area contributed by atoms with E-state index in [0.717, 1.165) is 0 Å². The van der Waals surface area contributed by atoms with Crippen LogP contribution in [0.5, 0.6) is 0 Å². The third-order valence-electron chi connectivity index (χ3n) is 4.18. The molecule has 0 amide bonds. The van der Waals surface area contributed by atoms with Gasteiger partial charge in [0.05, 0.1) is 32.8 Å². The zero-order valence-corrected chi connectivity index (χ0v) is 16.3. The highest BCUT2D eigenvalue weighted by atomic mass is 31.2. The lowest BCUT2D eigenvalue weighted by atomic mass is 10.1. The fourth-order valence-electron chi connectivity index (χ4n) is 2.78. The molecule has 3 rings (SSSR count). The van der Waals surface area contributed by atoms with E-state index in [4.69, 9.17) is 35.5 Å². The molecule has 2 aromatic heterocycles. The monoisotopic (exact) mass is 433 g/mol. The summed E-state index contributed by atoms with van der Waals surface area (Å²) >= 11 is 0. The van der Waals surface area contributed by atoms with Crippen molar-refractivity contribution in [1.29, 1.82) is 0 Å². The summed E-state index contributed by atoms with van der Waals surface area (Å²) in [4.78, 5) is 12.0. The second-order valence-corrected chi connectivity index (χ2v) is 7.80. The van der Waals surface area contributed by atoms with Crippen LogP contribution in [-0.2, 0) is 23.1 Å². The van der Waals surface area contributed by atoms with Crippen molar-refractivity contribution in [2.75, 3.05) is 38.7 Å². The average Bonchev–Trinajstić information content (AvgIpc) is 3.23. The summed E-state index contributed by atoms with van der Waals surface area (Å²) in [5.74, 6) is 0.165. The second-order valence-electron chi connectivity index (χ2n) is 6.20. The van der Waals surface area contributed by atoms with E-state index in [1.54, 1.807) is 0 Å². The Kier molecular flexibility index (Phi) is 7.10. The Labute approximate surface area is 165 Å². The smallest absolute Gasteiger partial charge is 0.387 e. The van der Waals surface area contributed by atoms with Crippen LogP contribution in [0.2, 0.25) is 0 Å². The minimum Gasteiger partial charge on any atom is -0.387 e. The van der Waals surface area contributed by atoms with Crippen LogP contribution in [0.1, 0.15) is 6.23 Å². The normalized spacial score (nSPS) is 26.8. The first-order valence-corrected chi connectivity index (χ1v) is 10.4. The Bertz CT molecular complexity index is 868. The van der Waals surface area contributed by atoms with Gasteiger partial charge in [-0.25, -0.2) is 25.0 Å². The van der Waals surface area contributed by atoms with Gasteiger partial charge in [0.2, 0.25) is 0 Å². The number of aliphatic hydroxyl groups is 2. The Hall–Kier alpha value is -1.74. The van der Waals surface area contributed by atoms with E-state index >= 15 is 0 Å². The van der Waals surface area contributed by atoms with Crippen molar-refractivity contribution in [3.8, 4) is 0 Å². The molecule has 162 valence electrons. The van der Waals surface area contributed by atoms with Crippen LogP contribution >= 0.6 is 7.75 Å². The number of nitrogen functional groups attached to an aromatic ring is 1. The third kappa shape index (κ3) is 5.06. The molecule has 2 aromatic rings. The molecule has 1 fully saturated rings. The minimum absolute atomic E-state index is 0.0603. The Morgan fingerprint density at radius 2 is 1.97 bits per heavy atom. The number of nitrogens with two attached hydrogens (primary N) is 3. The Morgan fingerprint density at radius 3 is 2.72 bits per heavy atom. The fourth-order valence-corrected chi connectivity index (χ4v) is 3.53. The van der Waals surface area contributed by atoms with E-state index < -0.39 is 32.3 Å². The largest absolute Gasteiger partial charge is 0.403 e. The molecule has 5 atom stereocenters. The first-order valence-electron chi connectivity index (χ1n) is 8.74. The van der Waals surface area contributed by atoms with Crippen LogP contribution in [0.25, 0.3) is 11.2 Å². The van der Waals surface area contributed by atoms with Crippen LogP contribution in [-0.4, -0.2) is 81.0 Å². The summed E-state index contributed by atoms with van der Waals surface area (Å²) in [7, 11) is -3.91. The number of nitrogens with zero attached hydrogens (tertiary/aromatic N) is 4. The molecule has 29 heavy (non-hydrogen) atoms. The highest BCUT2D eigenvalue weighted by Gasteiger charge is 2.45. The third-order valence-corrected chi connectivity index (χ3v) is 5.23. The van der Waals surface area contributed by atoms with Crippen LogP contribution in [0.3, 0.4) is 0 Å². The number of imidazole rings is 1. The van der Waals surface area contributed by atoms with Gasteiger partial charge >= 0.3 is 7.75 Å². The van der Waals surface area contributed by atoms with Gasteiger partial charge in [-0.1, -0.05) is 0 Å². The van der Waals surface area contributed by atoms with Crippen LogP contribution in [0.4, 0.5) is 5.82 Å². The molecule has 15 heteroatoms. The van der Waals surface area contributed by atoms with Gasteiger partial charge in [0, 0.05) is 6.54 Å².